The minimum atomic E-state index is -0.0894. The monoisotopic (exact) mass is 264 g/mol. The van der Waals surface area contributed by atoms with Gasteiger partial charge in [-0.25, -0.2) is 0 Å². The van der Waals surface area contributed by atoms with E-state index in [9.17, 15) is 4.79 Å². The second kappa shape index (κ2) is 5.08. The Morgan fingerprint density at radius 1 is 1.11 bits per heavy atom. The summed E-state index contributed by atoms with van der Waals surface area (Å²) in [7, 11) is 0. The summed E-state index contributed by atoms with van der Waals surface area (Å²) in [6, 6.07) is 0.781. The fraction of sp³-hybridized carbons (Fsp3) is 0.938. The van der Waals surface area contributed by atoms with E-state index in [0.717, 1.165) is 25.7 Å². The van der Waals surface area contributed by atoms with Gasteiger partial charge in [-0.15, -0.1) is 0 Å². The quantitative estimate of drug-likeness (QED) is 0.805. The summed E-state index contributed by atoms with van der Waals surface area (Å²) in [6.07, 6.45) is 10.6. The Bertz CT molecular complexity index is 335. The lowest BCUT2D eigenvalue weighted by atomic mass is 9.66. The number of rotatable bonds is 2. The summed E-state index contributed by atoms with van der Waals surface area (Å²) in [5.74, 6) is 1.59. The Morgan fingerprint density at radius 2 is 1.68 bits per heavy atom. The van der Waals surface area contributed by atoms with Crippen LogP contribution in [0.15, 0.2) is 0 Å². The Hall–Kier alpha value is -0.570. The van der Waals surface area contributed by atoms with Gasteiger partial charge in [-0.3, -0.25) is 4.79 Å². The molecule has 19 heavy (non-hydrogen) atoms. The lowest BCUT2D eigenvalue weighted by Crippen LogP contribution is -2.55. The van der Waals surface area contributed by atoms with E-state index in [1.807, 2.05) is 0 Å². The van der Waals surface area contributed by atoms with Gasteiger partial charge in [0.1, 0.15) is 0 Å². The van der Waals surface area contributed by atoms with Gasteiger partial charge in [-0.2, -0.15) is 0 Å². The Labute approximate surface area is 116 Å². The van der Waals surface area contributed by atoms with Crippen molar-refractivity contribution in [3.05, 3.63) is 0 Å². The number of hydrogen-bond acceptors (Lipinski definition) is 2. The molecule has 3 nitrogen and oxygen atoms in total. The highest BCUT2D eigenvalue weighted by molar-refractivity contribution is 5.82. The predicted molar refractivity (Wildman–Crippen MR) is 76.5 cm³/mol. The average molecular weight is 264 g/mol. The Morgan fingerprint density at radius 3 is 2.26 bits per heavy atom. The highest BCUT2D eigenvalue weighted by Crippen LogP contribution is 2.42. The lowest BCUT2D eigenvalue weighted by Gasteiger charge is -2.46. The number of carbonyl (C=O) groups excluding carboxylic acids is 1. The molecule has 2 bridgehead atoms. The van der Waals surface area contributed by atoms with Crippen LogP contribution in [0.25, 0.3) is 0 Å². The average Bonchev–Trinajstić information content (AvgIpc) is 2.79. The zero-order chi connectivity index (χ0) is 13.5. The van der Waals surface area contributed by atoms with Crippen LogP contribution < -0.4 is 11.1 Å². The minimum Gasteiger partial charge on any atom is -0.352 e. The largest absolute Gasteiger partial charge is 0.352 e. The van der Waals surface area contributed by atoms with Crippen molar-refractivity contribution >= 4 is 5.91 Å². The molecule has 3 fully saturated rings. The van der Waals surface area contributed by atoms with Gasteiger partial charge >= 0.3 is 0 Å². The molecule has 0 heterocycles. The summed E-state index contributed by atoms with van der Waals surface area (Å²) in [5, 5.41) is 3.43. The van der Waals surface area contributed by atoms with E-state index in [1.165, 1.54) is 32.1 Å². The van der Waals surface area contributed by atoms with Crippen LogP contribution in [-0.4, -0.2) is 18.0 Å². The summed E-state index contributed by atoms with van der Waals surface area (Å²) in [5.41, 5.74) is 6.06. The van der Waals surface area contributed by atoms with Crippen molar-refractivity contribution in [3.8, 4) is 0 Å². The van der Waals surface area contributed by atoms with Gasteiger partial charge in [0.2, 0.25) is 5.91 Å². The van der Waals surface area contributed by atoms with E-state index in [0.29, 0.717) is 29.8 Å². The molecular weight excluding hydrogens is 236 g/mol. The fourth-order valence-corrected chi connectivity index (χ4v) is 4.73. The molecule has 0 spiro atoms. The summed E-state index contributed by atoms with van der Waals surface area (Å²) >= 11 is 0. The van der Waals surface area contributed by atoms with Crippen molar-refractivity contribution in [3.63, 3.8) is 0 Å². The van der Waals surface area contributed by atoms with Crippen molar-refractivity contribution in [1.29, 1.82) is 0 Å². The third-order valence-corrected chi connectivity index (χ3v) is 5.93. The van der Waals surface area contributed by atoms with Crippen LogP contribution >= 0.6 is 0 Å². The van der Waals surface area contributed by atoms with Crippen LogP contribution in [0.1, 0.15) is 64.7 Å². The van der Waals surface area contributed by atoms with E-state index in [4.69, 9.17) is 5.73 Å². The first kappa shape index (κ1) is 13.4. The number of carbonyl (C=O) groups is 1. The first-order valence-corrected chi connectivity index (χ1v) is 8.15. The molecule has 3 aliphatic carbocycles. The lowest BCUT2D eigenvalue weighted by molar-refractivity contribution is -0.132. The van der Waals surface area contributed by atoms with Crippen molar-refractivity contribution in [2.45, 2.75) is 76.8 Å². The number of hydrogen-bond donors (Lipinski definition) is 2. The van der Waals surface area contributed by atoms with Crippen LogP contribution in [-0.2, 0) is 4.79 Å². The maximum Gasteiger partial charge on any atom is 0.226 e. The van der Waals surface area contributed by atoms with Gasteiger partial charge in [0.15, 0.2) is 0 Å². The van der Waals surface area contributed by atoms with Gasteiger partial charge in [0, 0.05) is 17.5 Å². The maximum absolute atomic E-state index is 12.6. The normalized spacial score (nSPS) is 40.9. The van der Waals surface area contributed by atoms with Crippen molar-refractivity contribution in [1.82, 2.24) is 5.32 Å². The number of nitrogens with one attached hydrogen (secondary N) is 1. The van der Waals surface area contributed by atoms with E-state index < -0.39 is 0 Å². The summed E-state index contributed by atoms with van der Waals surface area (Å²) in [6.45, 7) is 2.15. The zero-order valence-corrected chi connectivity index (χ0v) is 12.2. The predicted octanol–water partition coefficient (Wildman–Crippen LogP) is 2.59. The molecule has 0 saturated heterocycles. The molecule has 1 amide bonds. The van der Waals surface area contributed by atoms with Crippen LogP contribution in [0.5, 0.6) is 0 Å². The third kappa shape index (κ3) is 2.54. The molecule has 0 aromatic rings. The molecule has 3 rings (SSSR count). The van der Waals surface area contributed by atoms with E-state index >= 15 is 0 Å². The molecule has 0 aliphatic heterocycles. The smallest absolute Gasteiger partial charge is 0.226 e. The van der Waals surface area contributed by atoms with Gasteiger partial charge in [-0.05, 0) is 50.4 Å². The van der Waals surface area contributed by atoms with Crippen LogP contribution in [0, 0.1) is 17.3 Å². The van der Waals surface area contributed by atoms with E-state index in [2.05, 4.69) is 12.2 Å². The van der Waals surface area contributed by atoms with Crippen LogP contribution in [0.2, 0.25) is 0 Å². The van der Waals surface area contributed by atoms with Gasteiger partial charge < -0.3 is 11.1 Å². The molecule has 0 aromatic carbocycles. The van der Waals surface area contributed by atoms with Gasteiger partial charge in [-0.1, -0.05) is 26.2 Å². The molecular formula is C16H28N2O. The first-order valence-electron chi connectivity index (χ1n) is 8.15. The molecule has 2 atom stereocenters. The molecule has 3 aliphatic rings. The Balaban J connectivity index is 1.67. The Kier molecular flexibility index (Phi) is 3.59. The fourth-order valence-electron chi connectivity index (χ4n) is 4.73. The van der Waals surface area contributed by atoms with Crippen molar-refractivity contribution in [2.75, 3.05) is 0 Å². The molecule has 2 unspecified atom stereocenters. The summed E-state index contributed by atoms with van der Waals surface area (Å²) < 4.78 is 0. The molecule has 3 saturated carbocycles. The van der Waals surface area contributed by atoms with Gasteiger partial charge in [0.05, 0.1) is 0 Å². The van der Waals surface area contributed by atoms with Crippen LogP contribution in [0.4, 0.5) is 0 Å². The number of amides is 1. The SMILES string of the molecule is CC1(C(=O)NC2C3CCCC2CC(N)C3)CCCC1. The molecule has 3 N–H and O–H groups in total. The maximum atomic E-state index is 12.6. The highest BCUT2D eigenvalue weighted by atomic mass is 16.2. The van der Waals surface area contributed by atoms with E-state index in [1.54, 1.807) is 0 Å². The number of nitrogens with two attached hydrogens (primary N) is 1. The second-order valence-corrected chi connectivity index (χ2v) is 7.45. The van der Waals surface area contributed by atoms with Crippen molar-refractivity contribution in [2.24, 2.45) is 23.0 Å². The van der Waals surface area contributed by atoms with Gasteiger partial charge in [0.25, 0.3) is 0 Å². The number of fused-ring (bicyclic) bond motifs is 2. The highest BCUT2D eigenvalue weighted by Gasteiger charge is 2.43. The van der Waals surface area contributed by atoms with Crippen molar-refractivity contribution < 1.29 is 4.79 Å². The zero-order valence-electron chi connectivity index (χ0n) is 12.2. The summed E-state index contributed by atoms with van der Waals surface area (Å²) in [4.78, 5) is 12.6. The minimum absolute atomic E-state index is 0.0894. The molecule has 0 radical (unpaired) electrons. The third-order valence-electron chi connectivity index (χ3n) is 5.93. The topological polar surface area (TPSA) is 55.1 Å². The molecule has 3 heteroatoms. The van der Waals surface area contributed by atoms with Crippen LogP contribution in [0.3, 0.4) is 0 Å². The second-order valence-electron chi connectivity index (χ2n) is 7.45. The molecule has 108 valence electrons. The molecule has 0 aromatic heterocycles. The van der Waals surface area contributed by atoms with E-state index in [-0.39, 0.29) is 5.41 Å². The first-order chi connectivity index (χ1) is 9.08. The standard InChI is InChI=1S/C16H28N2O/c1-16(7-2-3-8-16)15(19)18-14-11-5-4-6-12(14)10-13(17)9-11/h11-14H,2-10,17H2,1H3,(H,18,19).